The third kappa shape index (κ3) is 5.98. The van der Waals surface area contributed by atoms with Crippen molar-refractivity contribution in [1.29, 1.82) is 0 Å². The van der Waals surface area contributed by atoms with Gasteiger partial charge in [-0.3, -0.25) is 4.79 Å². The predicted octanol–water partition coefficient (Wildman–Crippen LogP) is 2.60. The number of carbonyl (C=O) groups is 2. The highest BCUT2D eigenvalue weighted by Crippen LogP contribution is 2.22. The molecule has 0 radical (unpaired) electrons. The molecule has 0 bridgehead atoms. The molecule has 4 nitrogen and oxygen atoms in total. The summed E-state index contributed by atoms with van der Waals surface area (Å²) in [6, 6.07) is 8.53. The Morgan fingerprint density at radius 3 is 2.29 bits per heavy atom. The van der Waals surface area contributed by atoms with Gasteiger partial charge >= 0.3 is 11.9 Å². The van der Waals surface area contributed by atoms with Crippen LogP contribution in [-0.2, 0) is 26.2 Å². The number of esters is 1. The lowest BCUT2D eigenvalue weighted by molar-refractivity contribution is -0.154. The minimum Gasteiger partial charge on any atom is -0.459 e. The normalized spacial score (nSPS) is 11.0. The summed E-state index contributed by atoms with van der Waals surface area (Å²) in [4.78, 5) is 22.4. The highest BCUT2D eigenvalue weighted by atomic mass is 16.5. The number of nitrogens with one attached hydrogen (secondary N) is 1. The summed E-state index contributed by atoms with van der Waals surface area (Å²) in [5.41, 5.74) is 2.70. The number of carbonyl (C=O) groups excluding carboxylic acids is 2. The van der Waals surface area contributed by atoms with Gasteiger partial charge in [-0.2, -0.15) is 0 Å². The summed E-state index contributed by atoms with van der Waals surface area (Å²) in [7, 11) is 0. The molecule has 1 aromatic rings. The molecule has 0 saturated carbocycles. The van der Waals surface area contributed by atoms with E-state index in [2.05, 4.69) is 55.1 Å². The molecule has 0 saturated heterocycles. The Hall–Kier alpha value is -1.84. The number of hydrogen-bond acceptors (Lipinski definition) is 3. The molecular formula is C17H25NO3. The summed E-state index contributed by atoms with van der Waals surface area (Å²) in [6.45, 7) is 8.92. The van der Waals surface area contributed by atoms with Gasteiger partial charge in [0.15, 0.2) is 0 Å². The van der Waals surface area contributed by atoms with Gasteiger partial charge in [-0.25, -0.2) is 4.79 Å². The third-order valence-corrected chi connectivity index (χ3v) is 3.21. The molecule has 0 aliphatic rings. The van der Waals surface area contributed by atoms with E-state index in [1.807, 2.05) is 0 Å². The van der Waals surface area contributed by atoms with Crippen LogP contribution >= 0.6 is 0 Å². The van der Waals surface area contributed by atoms with Gasteiger partial charge in [0.05, 0.1) is 6.61 Å². The number of amides is 1. The van der Waals surface area contributed by atoms with Gasteiger partial charge < -0.3 is 10.1 Å². The van der Waals surface area contributed by atoms with E-state index in [-0.39, 0.29) is 12.0 Å². The molecule has 21 heavy (non-hydrogen) atoms. The quantitative estimate of drug-likeness (QED) is 0.515. The van der Waals surface area contributed by atoms with Crippen molar-refractivity contribution in [3.63, 3.8) is 0 Å². The molecule has 0 unspecified atom stereocenters. The molecule has 0 aromatic heterocycles. The van der Waals surface area contributed by atoms with Crippen molar-refractivity contribution in [2.24, 2.45) is 0 Å². The minimum atomic E-state index is -0.813. The van der Waals surface area contributed by atoms with E-state index in [4.69, 9.17) is 0 Å². The molecule has 0 spiro atoms. The summed E-state index contributed by atoms with van der Waals surface area (Å²) < 4.78 is 4.61. The number of aryl methyl sites for hydroxylation is 1. The molecule has 0 atom stereocenters. The maximum absolute atomic E-state index is 11.3. The molecule has 0 fully saturated rings. The van der Waals surface area contributed by atoms with E-state index in [9.17, 15) is 9.59 Å². The SMILES string of the molecule is CCOC(=O)C(=O)NCCCc1ccc(C(C)(C)C)cc1. The zero-order chi connectivity index (χ0) is 15.9. The van der Waals surface area contributed by atoms with Crippen molar-refractivity contribution >= 4 is 11.9 Å². The maximum atomic E-state index is 11.3. The Kier molecular flexibility index (Phi) is 6.40. The summed E-state index contributed by atoms with van der Waals surface area (Å²) in [5.74, 6) is -1.48. The Balaban J connectivity index is 2.33. The standard InChI is InChI=1S/C17H25NO3/c1-5-21-16(20)15(19)18-12-6-7-13-8-10-14(11-9-13)17(2,3)4/h8-11H,5-7,12H2,1-4H3,(H,18,19). The Morgan fingerprint density at radius 1 is 1.14 bits per heavy atom. The Bertz CT molecular complexity index is 472. The van der Waals surface area contributed by atoms with Gasteiger partial charge in [-0.1, -0.05) is 45.0 Å². The van der Waals surface area contributed by atoms with E-state index < -0.39 is 11.9 Å². The second-order valence-corrected chi connectivity index (χ2v) is 6.03. The molecular weight excluding hydrogens is 266 g/mol. The fourth-order valence-corrected chi connectivity index (χ4v) is 1.93. The van der Waals surface area contributed by atoms with Crippen LogP contribution in [0.5, 0.6) is 0 Å². The number of hydrogen-bond donors (Lipinski definition) is 1. The van der Waals surface area contributed by atoms with Crippen molar-refractivity contribution < 1.29 is 14.3 Å². The predicted molar refractivity (Wildman–Crippen MR) is 83.1 cm³/mol. The first-order valence-electron chi connectivity index (χ1n) is 7.39. The van der Waals surface area contributed by atoms with Crippen LogP contribution in [-0.4, -0.2) is 25.0 Å². The molecule has 1 amide bonds. The largest absolute Gasteiger partial charge is 0.459 e. The molecule has 0 aliphatic heterocycles. The first-order chi connectivity index (χ1) is 9.84. The van der Waals surface area contributed by atoms with Crippen molar-refractivity contribution in [2.45, 2.75) is 46.0 Å². The van der Waals surface area contributed by atoms with E-state index in [0.717, 1.165) is 12.8 Å². The molecule has 1 rings (SSSR count). The molecule has 1 N–H and O–H groups in total. The average Bonchev–Trinajstić information content (AvgIpc) is 2.43. The van der Waals surface area contributed by atoms with Gasteiger partial charge in [0, 0.05) is 6.54 Å². The van der Waals surface area contributed by atoms with Gasteiger partial charge in [0.2, 0.25) is 0 Å². The second-order valence-electron chi connectivity index (χ2n) is 6.03. The number of rotatable bonds is 5. The Morgan fingerprint density at radius 2 is 1.76 bits per heavy atom. The van der Waals surface area contributed by atoms with Crippen molar-refractivity contribution in [3.05, 3.63) is 35.4 Å². The van der Waals surface area contributed by atoms with Crippen LogP contribution in [0.1, 0.15) is 45.2 Å². The second kappa shape index (κ2) is 7.81. The van der Waals surface area contributed by atoms with Crippen LogP contribution in [0.15, 0.2) is 24.3 Å². The van der Waals surface area contributed by atoms with E-state index in [1.165, 1.54) is 11.1 Å². The number of benzene rings is 1. The average molecular weight is 291 g/mol. The zero-order valence-electron chi connectivity index (χ0n) is 13.4. The third-order valence-electron chi connectivity index (χ3n) is 3.21. The molecule has 116 valence electrons. The first kappa shape index (κ1) is 17.2. The first-order valence-corrected chi connectivity index (χ1v) is 7.39. The zero-order valence-corrected chi connectivity index (χ0v) is 13.4. The molecule has 4 heteroatoms. The van der Waals surface area contributed by atoms with Crippen molar-refractivity contribution in [1.82, 2.24) is 5.32 Å². The lowest BCUT2D eigenvalue weighted by Crippen LogP contribution is -2.33. The number of ether oxygens (including phenoxy) is 1. The highest BCUT2D eigenvalue weighted by molar-refractivity contribution is 6.32. The highest BCUT2D eigenvalue weighted by Gasteiger charge is 2.14. The van der Waals surface area contributed by atoms with E-state index >= 15 is 0 Å². The van der Waals surface area contributed by atoms with Crippen LogP contribution in [0.4, 0.5) is 0 Å². The summed E-state index contributed by atoms with van der Waals surface area (Å²) in [6.07, 6.45) is 1.66. The van der Waals surface area contributed by atoms with Gasteiger partial charge in [0.25, 0.3) is 0 Å². The topological polar surface area (TPSA) is 55.4 Å². The summed E-state index contributed by atoms with van der Waals surface area (Å²) >= 11 is 0. The van der Waals surface area contributed by atoms with Gasteiger partial charge in [-0.15, -0.1) is 0 Å². The van der Waals surface area contributed by atoms with Crippen LogP contribution in [0.25, 0.3) is 0 Å². The van der Waals surface area contributed by atoms with Gasteiger partial charge in [-0.05, 0) is 36.3 Å². The fraction of sp³-hybridized carbons (Fsp3) is 0.529. The fourth-order valence-electron chi connectivity index (χ4n) is 1.93. The molecule has 0 heterocycles. The molecule has 0 aliphatic carbocycles. The lowest BCUT2D eigenvalue weighted by Gasteiger charge is -2.19. The monoisotopic (exact) mass is 291 g/mol. The van der Waals surface area contributed by atoms with E-state index in [0.29, 0.717) is 6.54 Å². The summed E-state index contributed by atoms with van der Waals surface area (Å²) in [5, 5.41) is 2.56. The van der Waals surface area contributed by atoms with Crippen LogP contribution in [0.3, 0.4) is 0 Å². The van der Waals surface area contributed by atoms with Crippen LogP contribution in [0.2, 0.25) is 0 Å². The van der Waals surface area contributed by atoms with Crippen LogP contribution < -0.4 is 5.32 Å². The van der Waals surface area contributed by atoms with Crippen LogP contribution in [0, 0.1) is 0 Å². The smallest absolute Gasteiger partial charge is 0.396 e. The van der Waals surface area contributed by atoms with Crippen molar-refractivity contribution in [3.8, 4) is 0 Å². The Labute approximate surface area is 126 Å². The molecule has 1 aromatic carbocycles. The minimum absolute atomic E-state index is 0.159. The van der Waals surface area contributed by atoms with E-state index in [1.54, 1.807) is 6.92 Å². The lowest BCUT2D eigenvalue weighted by atomic mass is 9.86. The van der Waals surface area contributed by atoms with Crippen molar-refractivity contribution in [2.75, 3.05) is 13.2 Å². The van der Waals surface area contributed by atoms with Gasteiger partial charge in [0.1, 0.15) is 0 Å². The maximum Gasteiger partial charge on any atom is 0.396 e.